The molecule has 0 aliphatic rings. The molecule has 0 amide bonds. The van der Waals surface area contributed by atoms with Gasteiger partial charge in [0.1, 0.15) is 5.75 Å². The summed E-state index contributed by atoms with van der Waals surface area (Å²) in [5, 5.41) is 17.7. The molecule has 112 valence electrons. The zero-order valence-electron chi connectivity index (χ0n) is 12.6. The van der Waals surface area contributed by atoms with Crippen molar-refractivity contribution in [3.05, 3.63) is 91.0 Å². The van der Waals surface area contributed by atoms with E-state index in [4.69, 9.17) is 5.11 Å². The molecule has 0 unspecified atom stereocenters. The molecule has 0 radical (unpaired) electrons. The molecule has 2 rings (SSSR count). The van der Waals surface area contributed by atoms with Crippen LogP contribution in [0.15, 0.2) is 79.9 Å². The molecule has 0 aromatic heterocycles. The topological polar surface area (TPSA) is 40.5 Å². The number of rotatable bonds is 3. The SMILES string of the molecule is C=CC.C=CCc1ccccc1O.OCc1ccccc1. The first-order valence-corrected chi connectivity index (χ1v) is 6.79. The summed E-state index contributed by atoms with van der Waals surface area (Å²) in [7, 11) is 0. The van der Waals surface area contributed by atoms with Crippen molar-refractivity contribution in [1.82, 2.24) is 0 Å². The first-order chi connectivity index (χ1) is 10.2. The number of hydrogen-bond donors (Lipinski definition) is 2. The molecule has 0 spiro atoms. The molecule has 2 aromatic carbocycles. The van der Waals surface area contributed by atoms with Crippen LogP contribution in [0.4, 0.5) is 0 Å². The number of benzene rings is 2. The summed E-state index contributed by atoms with van der Waals surface area (Å²) in [4.78, 5) is 0. The zero-order valence-corrected chi connectivity index (χ0v) is 12.6. The van der Waals surface area contributed by atoms with Crippen LogP contribution in [0.2, 0.25) is 0 Å². The van der Waals surface area contributed by atoms with Gasteiger partial charge in [0.25, 0.3) is 0 Å². The maximum atomic E-state index is 9.19. The summed E-state index contributed by atoms with van der Waals surface area (Å²) in [6, 6.07) is 16.8. The number of para-hydroxylation sites is 1. The fraction of sp³-hybridized carbons (Fsp3) is 0.158. The van der Waals surface area contributed by atoms with E-state index in [1.807, 2.05) is 55.5 Å². The molecule has 0 saturated heterocycles. The van der Waals surface area contributed by atoms with Crippen molar-refractivity contribution in [3.63, 3.8) is 0 Å². The Morgan fingerprint density at radius 2 is 1.48 bits per heavy atom. The molecular weight excluding hydrogens is 260 g/mol. The lowest BCUT2D eigenvalue weighted by molar-refractivity contribution is 0.282. The molecule has 0 heterocycles. The molecule has 2 heteroatoms. The fourth-order valence-electron chi connectivity index (χ4n) is 1.42. The molecule has 2 aromatic rings. The molecule has 0 saturated carbocycles. The van der Waals surface area contributed by atoms with E-state index in [0.717, 1.165) is 17.5 Å². The molecule has 21 heavy (non-hydrogen) atoms. The van der Waals surface area contributed by atoms with Crippen LogP contribution in [0.3, 0.4) is 0 Å². The quantitative estimate of drug-likeness (QED) is 0.815. The minimum absolute atomic E-state index is 0.140. The predicted octanol–water partition coefficient (Wildman–Crippen LogP) is 4.49. The van der Waals surface area contributed by atoms with Gasteiger partial charge in [-0.15, -0.1) is 13.2 Å². The van der Waals surface area contributed by atoms with Crippen molar-refractivity contribution in [2.45, 2.75) is 20.0 Å². The van der Waals surface area contributed by atoms with Crippen LogP contribution in [-0.4, -0.2) is 10.2 Å². The van der Waals surface area contributed by atoms with E-state index >= 15 is 0 Å². The molecule has 0 bridgehead atoms. The smallest absolute Gasteiger partial charge is 0.119 e. The van der Waals surface area contributed by atoms with E-state index in [9.17, 15) is 5.11 Å². The minimum atomic E-state index is 0.140. The van der Waals surface area contributed by atoms with E-state index in [1.54, 1.807) is 18.2 Å². The van der Waals surface area contributed by atoms with Gasteiger partial charge in [-0.25, -0.2) is 0 Å². The van der Waals surface area contributed by atoms with Gasteiger partial charge in [-0.05, 0) is 30.5 Å². The Labute approximate surface area is 127 Å². The van der Waals surface area contributed by atoms with Crippen molar-refractivity contribution in [1.29, 1.82) is 0 Å². The molecule has 2 N–H and O–H groups in total. The highest BCUT2D eigenvalue weighted by molar-refractivity contribution is 5.32. The van der Waals surface area contributed by atoms with Gasteiger partial charge >= 0.3 is 0 Å². The molecule has 0 fully saturated rings. The van der Waals surface area contributed by atoms with Gasteiger partial charge in [0.2, 0.25) is 0 Å². The third-order valence-corrected chi connectivity index (χ3v) is 2.38. The maximum absolute atomic E-state index is 9.19. The number of allylic oxidation sites excluding steroid dienone is 2. The van der Waals surface area contributed by atoms with E-state index in [0.29, 0.717) is 5.75 Å². The third-order valence-electron chi connectivity index (χ3n) is 2.38. The van der Waals surface area contributed by atoms with Crippen LogP contribution in [0.5, 0.6) is 5.75 Å². The summed E-state index contributed by atoms with van der Waals surface area (Å²) in [6.07, 6.45) is 4.25. The Morgan fingerprint density at radius 3 is 1.90 bits per heavy atom. The summed E-state index contributed by atoms with van der Waals surface area (Å²) in [5.41, 5.74) is 1.89. The normalized spacial score (nSPS) is 8.48. The molecule has 2 nitrogen and oxygen atoms in total. The van der Waals surface area contributed by atoms with Crippen LogP contribution in [0.25, 0.3) is 0 Å². The lowest BCUT2D eigenvalue weighted by atomic mass is 10.1. The second-order valence-electron chi connectivity index (χ2n) is 4.17. The molecule has 0 atom stereocenters. The molecular formula is C19H24O2. The Hall–Kier alpha value is -2.32. The van der Waals surface area contributed by atoms with E-state index in [1.165, 1.54) is 0 Å². The summed E-state index contributed by atoms with van der Waals surface area (Å²) >= 11 is 0. The Morgan fingerprint density at radius 1 is 0.952 bits per heavy atom. The van der Waals surface area contributed by atoms with Gasteiger partial charge < -0.3 is 10.2 Å². The van der Waals surface area contributed by atoms with Crippen molar-refractivity contribution in [2.24, 2.45) is 0 Å². The number of phenolic OH excluding ortho intramolecular Hbond substituents is 1. The number of hydrogen-bond acceptors (Lipinski definition) is 2. The average molecular weight is 284 g/mol. The highest BCUT2D eigenvalue weighted by Gasteiger charge is 1.93. The molecule has 0 aliphatic heterocycles. The Balaban J connectivity index is 0.000000327. The van der Waals surface area contributed by atoms with Crippen LogP contribution in [0.1, 0.15) is 18.1 Å². The summed E-state index contributed by atoms with van der Waals surface area (Å²) in [5.74, 6) is 0.349. The number of aromatic hydroxyl groups is 1. The standard InChI is InChI=1S/C9H10O.C7H8O.C3H6/c1-2-5-8-6-3-4-7-9(8)10;8-6-7-4-2-1-3-5-7;1-3-2/h2-4,6-7,10H,1,5H2;1-5,8H,6H2;3H,1H2,2H3. The van der Waals surface area contributed by atoms with Gasteiger partial charge in [-0.3, -0.25) is 0 Å². The van der Waals surface area contributed by atoms with Gasteiger partial charge in [0.15, 0.2) is 0 Å². The van der Waals surface area contributed by atoms with Gasteiger partial charge in [0.05, 0.1) is 6.61 Å². The minimum Gasteiger partial charge on any atom is -0.508 e. The third kappa shape index (κ3) is 9.25. The fourth-order valence-corrected chi connectivity index (χ4v) is 1.42. The van der Waals surface area contributed by atoms with Crippen LogP contribution in [0, 0.1) is 0 Å². The first kappa shape index (κ1) is 18.7. The summed E-state index contributed by atoms with van der Waals surface area (Å²) < 4.78 is 0. The van der Waals surface area contributed by atoms with Crippen LogP contribution in [-0.2, 0) is 13.0 Å². The van der Waals surface area contributed by atoms with Crippen molar-refractivity contribution in [3.8, 4) is 5.75 Å². The highest BCUT2D eigenvalue weighted by Crippen LogP contribution is 2.15. The Kier molecular flexibility index (Phi) is 11.3. The highest BCUT2D eigenvalue weighted by atomic mass is 16.3. The first-order valence-electron chi connectivity index (χ1n) is 6.79. The monoisotopic (exact) mass is 284 g/mol. The van der Waals surface area contributed by atoms with Gasteiger partial charge in [-0.2, -0.15) is 0 Å². The number of phenols is 1. The maximum Gasteiger partial charge on any atom is 0.119 e. The second-order valence-corrected chi connectivity index (χ2v) is 4.17. The van der Waals surface area contributed by atoms with Crippen molar-refractivity contribution < 1.29 is 10.2 Å². The number of aliphatic hydroxyl groups is 1. The lowest BCUT2D eigenvalue weighted by Gasteiger charge is -1.97. The largest absolute Gasteiger partial charge is 0.508 e. The average Bonchev–Trinajstić information content (AvgIpc) is 2.52. The zero-order chi connectivity index (χ0) is 15.9. The number of aliphatic hydroxyl groups excluding tert-OH is 1. The van der Waals surface area contributed by atoms with Crippen LogP contribution >= 0.6 is 0 Å². The van der Waals surface area contributed by atoms with E-state index < -0.39 is 0 Å². The predicted molar refractivity (Wildman–Crippen MR) is 90.2 cm³/mol. The second kappa shape index (κ2) is 12.7. The van der Waals surface area contributed by atoms with Crippen molar-refractivity contribution in [2.75, 3.05) is 0 Å². The van der Waals surface area contributed by atoms with Crippen LogP contribution < -0.4 is 0 Å². The molecule has 0 aliphatic carbocycles. The Bertz CT molecular complexity index is 504. The van der Waals surface area contributed by atoms with E-state index in [-0.39, 0.29) is 6.61 Å². The summed E-state index contributed by atoms with van der Waals surface area (Å²) in [6.45, 7) is 8.98. The van der Waals surface area contributed by atoms with E-state index in [2.05, 4.69) is 13.2 Å². The lowest BCUT2D eigenvalue weighted by Crippen LogP contribution is -1.79. The van der Waals surface area contributed by atoms with Gasteiger partial charge in [-0.1, -0.05) is 60.7 Å². The van der Waals surface area contributed by atoms with Crippen molar-refractivity contribution >= 4 is 0 Å². The van der Waals surface area contributed by atoms with Gasteiger partial charge in [0, 0.05) is 0 Å².